The van der Waals surface area contributed by atoms with Gasteiger partial charge in [0.15, 0.2) is 0 Å². The van der Waals surface area contributed by atoms with E-state index in [9.17, 15) is 9.90 Å². The summed E-state index contributed by atoms with van der Waals surface area (Å²) in [6.45, 7) is 0. The van der Waals surface area contributed by atoms with Gasteiger partial charge >= 0.3 is 5.97 Å². The molecular weight excluding hydrogens is 387 g/mol. The number of carboxylic acid groups (broad SMARTS) is 1. The Morgan fingerprint density at radius 3 is 1.27 bits per heavy atom. The molecule has 0 aromatic heterocycles. The van der Waals surface area contributed by atoms with Crippen molar-refractivity contribution < 1.29 is 9.90 Å². The molecular formula is C27H24O2P+. The molecule has 0 aliphatic heterocycles. The van der Waals surface area contributed by atoms with Gasteiger partial charge in [0.25, 0.3) is 0 Å². The highest BCUT2D eigenvalue weighted by atomic mass is 31.2. The van der Waals surface area contributed by atoms with Crippen molar-refractivity contribution in [3.05, 3.63) is 127 Å². The zero-order chi connectivity index (χ0) is 20.8. The molecule has 0 radical (unpaired) electrons. The average Bonchev–Trinajstić information content (AvgIpc) is 2.81. The van der Waals surface area contributed by atoms with Gasteiger partial charge in [0.05, 0.1) is 6.42 Å². The number of benzene rings is 4. The van der Waals surface area contributed by atoms with Gasteiger partial charge in [-0.1, -0.05) is 84.9 Å². The quantitative estimate of drug-likeness (QED) is 0.425. The maximum atomic E-state index is 12.1. The van der Waals surface area contributed by atoms with Crippen molar-refractivity contribution >= 4 is 29.1 Å². The zero-order valence-electron chi connectivity index (χ0n) is 16.6. The zero-order valence-corrected chi connectivity index (χ0v) is 17.5. The van der Waals surface area contributed by atoms with Crippen molar-refractivity contribution in [1.82, 2.24) is 0 Å². The number of carboxylic acids is 1. The Balaban J connectivity index is 2.12. The third-order valence-electron chi connectivity index (χ3n) is 5.51. The van der Waals surface area contributed by atoms with E-state index in [1.165, 1.54) is 15.9 Å². The minimum atomic E-state index is -2.32. The van der Waals surface area contributed by atoms with E-state index in [4.69, 9.17) is 0 Å². The minimum absolute atomic E-state index is 0.0659. The lowest BCUT2D eigenvalue weighted by Gasteiger charge is -2.34. The van der Waals surface area contributed by atoms with E-state index in [0.29, 0.717) is 0 Å². The lowest BCUT2D eigenvalue weighted by molar-refractivity contribution is -0.137. The molecule has 4 rings (SSSR count). The summed E-state index contributed by atoms with van der Waals surface area (Å²) in [4.78, 5) is 12.1. The van der Waals surface area contributed by atoms with Crippen molar-refractivity contribution in [3.63, 3.8) is 0 Å². The molecule has 0 saturated heterocycles. The number of hydrogen-bond acceptors (Lipinski definition) is 1. The first-order valence-electron chi connectivity index (χ1n) is 10.0. The van der Waals surface area contributed by atoms with Crippen LogP contribution in [-0.4, -0.2) is 11.1 Å². The second-order valence-electron chi connectivity index (χ2n) is 7.25. The van der Waals surface area contributed by atoms with Gasteiger partial charge in [-0.05, 0) is 42.0 Å². The van der Waals surface area contributed by atoms with E-state index >= 15 is 0 Å². The molecule has 3 heteroatoms. The van der Waals surface area contributed by atoms with Gasteiger partial charge in [0.1, 0.15) is 28.8 Å². The predicted molar refractivity (Wildman–Crippen MR) is 127 cm³/mol. The summed E-state index contributed by atoms with van der Waals surface area (Å²) in [5.41, 5.74) is 0.883. The fraction of sp³-hybridized carbons (Fsp3) is 0.0741. The van der Waals surface area contributed by atoms with E-state index in [2.05, 4.69) is 84.9 Å². The smallest absolute Gasteiger partial charge is 0.307 e. The fourth-order valence-electron chi connectivity index (χ4n) is 4.30. The van der Waals surface area contributed by atoms with Gasteiger partial charge in [-0.25, -0.2) is 0 Å². The number of aliphatic carboxylic acids is 1. The Labute approximate surface area is 178 Å². The fourth-order valence-corrected chi connectivity index (χ4v) is 9.25. The number of carbonyl (C=O) groups is 1. The summed E-state index contributed by atoms with van der Waals surface area (Å²) < 4.78 is 0. The van der Waals surface area contributed by atoms with Gasteiger partial charge in [-0.3, -0.25) is 4.79 Å². The normalized spacial score (nSPS) is 12.3. The maximum absolute atomic E-state index is 12.1. The highest BCUT2D eigenvalue weighted by molar-refractivity contribution is 7.96. The van der Waals surface area contributed by atoms with Gasteiger partial charge in [-0.2, -0.15) is 0 Å². The third-order valence-corrected chi connectivity index (χ3v) is 10.3. The molecule has 0 spiro atoms. The van der Waals surface area contributed by atoms with Crippen molar-refractivity contribution in [2.45, 2.75) is 12.1 Å². The Morgan fingerprint density at radius 1 is 0.600 bits per heavy atom. The number of rotatable bonds is 7. The first kappa shape index (κ1) is 20.1. The molecule has 1 N–H and O–H groups in total. The van der Waals surface area contributed by atoms with Crippen LogP contribution in [0.3, 0.4) is 0 Å². The lowest BCUT2D eigenvalue weighted by Crippen LogP contribution is -2.36. The monoisotopic (exact) mass is 411 g/mol. The summed E-state index contributed by atoms with van der Waals surface area (Å²) >= 11 is 0. The summed E-state index contributed by atoms with van der Waals surface area (Å²) in [6.07, 6.45) is 0.0659. The first-order chi connectivity index (χ1) is 14.7. The largest absolute Gasteiger partial charge is 0.481 e. The number of hydrogen-bond donors (Lipinski definition) is 1. The molecule has 0 heterocycles. The molecule has 4 aromatic rings. The summed E-state index contributed by atoms with van der Waals surface area (Å²) in [5.74, 6) is -0.781. The van der Waals surface area contributed by atoms with Gasteiger partial charge < -0.3 is 5.11 Å². The van der Waals surface area contributed by atoms with Crippen molar-refractivity contribution in [1.29, 1.82) is 0 Å². The highest BCUT2D eigenvalue weighted by Crippen LogP contribution is 2.67. The second kappa shape index (κ2) is 9.07. The molecule has 0 fully saturated rings. The average molecular weight is 411 g/mol. The Morgan fingerprint density at radius 2 is 0.933 bits per heavy atom. The molecule has 2 nitrogen and oxygen atoms in total. The topological polar surface area (TPSA) is 37.3 Å². The lowest BCUT2D eigenvalue weighted by atomic mass is 10.1. The van der Waals surface area contributed by atoms with Crippen LogP contribution in [0, 0.1) is 0 Å². The van der Waals surface area contributed by atoms with Crippen LogP contribution < -0.4 is 15.9 Å². The van der Waals surface area contributed by atoms with Crippen LogP contribution >= 0.6 is 7.26 Å². The third kappa shape index (κ3) is 3.79. The van der Waals surface area contributed by atoms with Gasteiger partial charge in [0.2, 0.25) is 0 Å². The van der Waals surface area contributed by atoms with Crippen molar-refractivity contribution in [3.8, 4) is 0 Å². The molecule has 0 aliphatic carbocycles. The van der Waals surface area contributed by atoms with Gasteiger partial charge in [-0.15, -0.1) is 0 Å². The van der Waals surface area contributed by atoms with Gasteiger partial charge in [0, 0.05) is 0 Å². The standard InChI is InChI=1S/C27H23O2P/c28-27(29)21-26(22-13-5-1-6-14-22)30(23-15-7-2-8-16-23,24-17-9-3-10-18-24)25-19-11-4-12-20-25/h1-20,26H,21H2/p+1. The predicted octanol–water partition coefficient (Wildman–Crippen LogP) is 5.20. The molecule has 4 aromatic carbocycles. The van der Waals surface area contributed by atoms with E-state index in [1.807, 2.05) is 36.4 Å². The summed E-state index contributed by atoms with van der Waals surface area (Å²) in [6, 6.07) is 41.4. The molecule has 0 saturated carbocycles. The van der Waals surface area contributed by atoms with Crippen LogP contribution in [-0.2, 0) is 4.79 Å². The molecule has 0 aliphatic rings. The SMILES string of the molecule is O=C(O)CC(c1ccccc1)[P+](c1ccccc1)(c1ccccc1)c1ccccc1. The molecule has 1 atom stereocenters. The molecule has 30 heavy (non-hydrogen) atoms. The Hall–Kier alpha value is -3.22. The Kier molecular flexibility index (Phi) is 6.07. The van der Waals surface area contributed by atoms with Crippen LogP contribution in [0.4, 0.5) is 0 Å². The van der Waals surface area contributed by atoms with Crippen LogP contribution in [0.25, 0.3) is 0 Å². The van der Waals surface area contributed by atoms with Crippen molar-refractivity contribution in [2.75, 3.05) is 0 Å². The van der Waals surface area contributed by atoms with Crippen LogP contribution in [0.5, 0.6) is 0 Å². The van der Waals surface area contributed by atoms with Crippen LogP contribution in [0.2, 0.25) is 0 Å². The molecule has 148 valence electrons. The Bertz CT molecular complexity index is 984. The molecule has 1 unspecified atom stereocenters. The molecule has 0 amide bonds. The first-order valence-corrected chi connectivity index (χ1v) is 11.9. The molecule has 0 bridgehead atoms. The summed E-state index contributed by atoms with van der Waals surface area (Å²) in [7, 11) is -2.32. The van der Waals surface area contributed by atoms with E-state index < -0.39 is 13.2 Å². The van der Waals surface area contributed by atoms with Crippen molar-refractivity contribution in [2.24, 2.45) is 0 Å². The summed E-state index contributed by atoms with van der Waals surface area (Å²) in [5, 5.41) is 13.5. The maximum Gasteiger partial charge on any atom is 0.307 e. The highest BCUT2D eigenvalue weighted by Gasteiger charge is 2.53. The van der Waals surface area contributed by atoms with Crippen LogP contribution in [0.1, 0.15) is 17.6 Å². The second-order valence-corrected chi connectivity index (χ2v) is 10.9. The van der Waals surface area contributed by atoms with E-state index in [0.717, 1.165) is 5.56 Å². The van der Waals surface area contributed by atoms with E-state index in [-0.39, 0.29) is 12.1 Å². The van der Waals surface area contributed by atoms with E-state index in [1.54, 1.807) is 0 Å². The van der Waals surface area contributed by atoms with Crippen LogP contribution in [0.15, 0.2) is 121 Å². The minimum Gasteiger partial charge on any atom is -0.481 e.